The monoisotopic (exact) mass is 264 g/mol. The van der Waals surface area contributed by atoms with Gasteiger partial charge < -0.3 is 0 Å². The van der Waals surface area contributed by atoms with Crippen molar-refractivity contribution in [3.63, 3.8) is 0 Å². The summed E-state index contributed by atoms with van der Waals surface area (Å²) in [6.07, 6.45) is 3.15. The smallest absolute Gasteiger partial charge is 0.132 e. The van der Waals surface area contributed by atoms with Crippen molar-refractivity contribution in [1.29, 1.82) is 0 Å². The third-order valence-corrected chi connectivity index (χ3v) is 9.47. The van der Waals surface area contributed by atoms with Gasteiger partial charge in [-0.3, -0.25) is 9.18 Å². The molecular weight excluding hydrogens is 243 g/mol. The van der Waals surface area contributed by atoms with E-state index in [0.29, 0.717) is 12.2 Å². The Kier molecular flexibility index (Phi) is 4.70. The normalized spacial score (nSPS) is 18.8. The van der Waals surface area contributed by atoms with E-state index < -0.39 is 8.07 Å². The van der Waals surface area contributed by atoms with Gasteiger partial charge in [0, 0.05) is 12.8 Å². The molecule has 0 saturated carbocycles. The molecule has 18 heavy (non-hydrogen) atoms. The van der Waals surface area contributed by atoms with Gasteiger partial charge in [-0.15, -0.1) is 0 Å². The molecule has 0 amide bonds. The van der Waals surface area contributed by atoms with Gasteiger partial charge in [0.05, 0.1) is 14.7 Å². The van der Waals surface area contributed by atoms with Crippen LogP contribution in [0, 0.1) is 0 Å². The van der Waals surface area contributed by atoms with Crippen LogP contribution < -0.4 is 5.19 Å². The zero-order valence-electron chi connectivity index (χ0n) is 10.8. The van der Waals surface area contributed by atoms with Gasteiger partial charge in [0.2, 0.25) is 0 Å². The number of carbonyl (C=O) groups excluding carboxylic acids is 1. The van der Waals surface area contributed by atoms with Crippen molar-refractivity contribution in [2.75, 3.05) is 6.67 Å². The molecule has 0 N–H and O–H groups in total. The lowest BCUT2D eigenvalue weighted by atomic mass is 10.2. The van der Waals surface area contributed by atoms with Crippen LogP contribution in [-0.4, -0.2) is 20.5 Å². The Bertz CT molecular complexity index is 381. The summed E-state index contributed by atoms with van der Waals surface area (Å²) in [6, 6.07) is 14.0. The van der Waals surface area contributed by atoms with Gasteiger partial charge in [-0.1, -0.05) is 48.0 Å². The van der Waals surface area contributed by atoms with E-state index in [-0.39, 0.29) is 6.67 Å². The third kappa shape index (κ3) is 3.08. The van der Waals surface area contributed by atoms with Crippen molar-refractivity contribution in [2.45, 2.75) is 43.8 Å². The summed E-state index contributed by atoms with van der Waals surface area (Å²) in [5, 5.41) is 1.47. The molecule has 1 nitrogen and oxygen atoms in total. The van der Waals surface area contributed by atoms with Crippen LogP contribution in [0.25, 0.3) is 0 Å². The highest BCUT2D eigenvalue weighted by Gasteiger charge is 2.37. The first-order chi connectivity index (χ1) is 8.77. The van der Waals surface area contributed by atoms with Crippen LogP contribution in [0.2, 0.25) is 18.1 Å². The zero-order chi connectivity index (χ0) is 12.8. The second-order valence-corrected chi connectivity index (χ2v) is 9.97. The number of ketones is 1. The number of Topliss-reactive ketones (excluding diaryl/α,β-unsaturated/α-hetero) is 1. The minimum atomic E-state index is -1.53. The maximum atomic E-state index is 12.3. The van der Waals surface area contributed by atoms with Gasteiger partial charge in [-0.05, 0) is 18.5 Å². The second kappa shape index (κ2) is 6.28. The Morgan fingerprint density at radius 3 is 2.33 bits per heavy atom. The quantitative estimate of drug-likeness (QED) is 0.588. The zero-order valence-corrected chi connectivity index (χ0v) is 11.8. The molecule has 0 atom stereocenters. The summed E-state index contributed by atoms with van der Waals surface area (Å²) < 4.78 is 12.3. The van der Waals surface area contributed by atoms with E-state index in [1.807, 2.05) is 6.07 Å². The number of hydrogen-bond donors (Lipinski definition) is 0. The molecule has 3 heteroatoms. The van der Waals surface area contributed by atoms with E-state index in [2.05, 4.69) is 24.3 Å². The lowest BCUT2D eigenvalue weighted by Crippen LogP contribution is -2.50. The average molecular weight is 264 g/mol. The topological polar surface area (TPSA) is 17.1 Å². The van der Waals surface area contributed by atoms with Crippen LogP contribution in [0.3, 0.4) is 0 Å². The maximum Gasteiger partial charge on any atom is 0.132 e. The second-order valence-electron chi connectivity index (χ2n) is 5.33. The molecule has 0 aromatic heterocycles. The molecule has 1 fully saturated rings. The highest BCUT2D eigenvalue weighted by molar-refractivity contribution is 6.92. The van der Waals surface area contributed by atoms with E-state index in [4.69, 9.17) is 0 Å². The van der Waals surface area contributed by atoms with Crippen LogP contribution >= 0.6 is 0 Å². The van der Waals surface area contributed by atoms with Gasteiger partial charge in [-0.25, -0.2) is 0 Å². The summed E-state index contributed by atoms with van der Waals surface area (Å²) in [6.45, 7) is -0.210. The third-order valence-electron chi connectivity index (χ3n) is 4.19. The van der Waals surface area contributed by atoms with Crippen molar-refractivity contribution < 1.29 is 9.18 Å². The van der Waals surface area contributed by atoms with Gasteiger partial charge in [-0.2, -0.15) is 0 Å². The van der Waals surface area contributed by atoms with Crippen molar-refractivity contribution in [3.05, 3.63) is 30.3 Å². The van der Waals surface area contributed by atoms with E-state index in [9.17, 15) is 9.18 Å². The molecule has 2 rings (SSSR count). The summed E-state index contributed by atoms with van der Waals surface area (Å²) in [7, 11) is -1.53. The largest absolute Gasteiger partial charge is 0.300 e. The first-order valence-corrected chi connectivity index (χ1v) is 9.52. The van der Waals surface area contributed by atoms with Gasteiger partial charge in [0.1, 0.15) is 5.78 Å². The SMILES string of the molecule is O=C1CC[Si](CCCCF)(c2ccccc2)CC1. The fourth-order valence-electron chi connectivity index (χ4n) is 3.04. The van der Waals surface area contributed by atoms with E-state index in [1.165, 1.54) is 5.19 Å². The summed E-state index contributed by atoms with van der Waals surface area (Å²) in [4.78, 5) is 11.5. The maximum absolute atomic E-state index is 12.3. The van der Waals surface area contributed by atoms with Gasteiger partial charge >= 0.3 is 0 Å². The number of alkyl halides is 1. The predicted molar refractivity (Wildman–Crippen MR) is 75.7 cm³/mol. The molecule has 0 radical (unpaired) electrons. The van der Waals surface area contributed by atoms with Crippen molar-refractivity contribution >= 4 is 19.0 Å². The summed E-state index contributed by atoms with van der Waals surface area (Å²) in [5.41, 5.74) is 0. The van der Waals surface area contributed by atoms with Crippen molar-refractivity contribution in [3.8, 4) is 0 Å². The standard InChI is InChI=1S/C15H21FOSi/c16-10-4-5-11-18(12-8-14(17)9-13-18)15-6-2-1-3-7-15/h1-3,6-7H,4-5,8-13H2. The van der Waals surface area contributed by atoms with Crippen LogP contribution in [-0.2, 0) is 4.79 Å². The van der Waals surface area contributed by atoms with Crippen LogP contribution in [0.5, 0.6) is 0 Å². The fraction of sp³-hybridized carbons (Fsp3) is 0.533. The van der Waals surface area contributed by atoms with Crippen molar-refractivity contribution in [1.82, 2.24) is 0 Å². The molecule has 0 bridgehead atoms. The summed E-state index contributed by atoms with van der Waals surface area (Å²) in [5.74, 6) is 0.416. The van der Waals surface area contributed by atoms with Gasteiger partial charge in [0.15, 0.2) is 0 Å². The molecule has 1 heterocycles. The molecule has 1 aliphatic heterocycles. The summed E-state index contributed by atoms with van der Waals surface area (Å²) >= 11 is 0. The molecule has 0 unspecified atom stereocenters. The Labute approximate surface area is 109 Å². The molecule has 0 spiro atoms. The Hall–Kier alpha value is -0.963. The molecule has 1 aliphatic rings. The highest BCUT2D eigenvalue weighted by Crippen LogP contribution is 2.31. The number of unbranched alkanes of at least 4 members (excludes halogenated alkanes) is 1. The molecular formula is C15H21FOSi. The molecule has 1 saturated heterocycles. The average Bonchev–Trinajstić information content (AvgIpc) is 2.43. The molecule has 1 aromatic rings. The number of rotatable bonds is 5. The lowest BCUT2D eigenvalue weighted by molar-refractivity contribution is -0.118. The van der Waals surface area contributed by atoms with E-state index in [1.54, 1.807) is 0 Å². The molecule has 1 aromatic carbocycles. The van der Waals surface area contributed by atoms with E-state index >= 15 is 0 Å². The number of halogens is 1. The van der Waals surface area contributed by atoms with E-state index in [0.717, 1.165) is 37.4 Å². The Morgan fingerprint density at radius 2 is 1.72 bits per heavy atom. The number of benzene rings is 1. The Morgan fingerprint density at radius 1 is 1.06 bits per heavy atom. The fourth-order valence-corrected chi connectivity index (χ4v) is 8.00. The minimum absolute atomic E-state index is 0.210. The van der Waals surface area contributed by atoms with Crippen LogP contribution in [0.15, 0.2) is 30.3 Å². The number of hydrogen-bond acceptors (Lipinski definition) is 1. The van der Waals surface area contributed by atoms with Crippen LogP contribution in [0.1, 0.15) is 25.7 Å². The predicted octanol–water partition coefficient (Wildman–Crippen LogP) is 3.46. The molecule has 98 valence electrons. The first kappa shape index (κ1) is 13.5. The minimum Gasteiger partial charge on any atom is -0.300 e. The number of carbonyl (C=O) groups is 1. The van der Waals surface area contributed by atoms with Crippen LogP contribution in [0.4, 0.5) is 4.39 Å². The molecule has 0 aliphatic carbocycles. The lowest BCUT2D eigenvalue weighted by Gasteiger charge is -2.35. The van der Waals surface area contributed by atoms with Gasteiger partial charge in [0.25, 0.3) is 0 Å². The highest BCUT2D eigenvalue weighted by atomic mass is 28.3. The van der Waals surface area contributed by atoms with Crippen molar-refractivity contribution in [2.24, 2.45) is 0 Å². The first-order valence-electron chi connectivity index (χ1n) is 6.90. The Balaban J connectivity index is 2.14.